The van der Waals surface area contributed by atoms with Crippen molar-refractivity contribution >= 4 is 29.4 Å². The van der Waals surface area contributed by atoms with Crippen LogP contribution < -0.4 is 5.73 Å². The van der Waals surface area contributed by atoms with Crippen molar-refractivity contribution < 1.29 is 14.3 Å². The fourth-order valence-corrected chi connectivity index (χ4v) is 4.37. The standard InChI is InChI=1S/C25H24ClFN4O2/c1-25(2,33)19-7-6-16(17(11-29-3)22(19)28)15-9-20(26)18(21(27)10-15)13-31-12-14-5-4-8-30-23(14)24(31)32/h4-11,33H,12-13,28H2,1-3H3. The van der Waals surface area contributed by atoms with E-state index in [9.17, 15) is 9.90 Å². The summed E-state index contributed by atoms with van der Waals surface area (Å²) in [4.78, 5) is 22.4. The molecule has 0 saturated heterocycles. The van der Waals surface area contributed by atoms with Crippen molar-refractivity contribution in [3.05, 3.63) is 81.4 Å². The molecule has 2 aromatic carbocycles. The quantitative estimate of drug-likeness (QED) is 0.426. The highest BCUT2D eigenvalue weighted by Crippen LogP contribution is 2.37. The van der Waals surface area contributed by atoms with Gasteiger partial charge in [-0.2, -0.15) is 0 Å². The summed E-state index contributed by atoms with van der Waals surface area (Å²) in [5.41, 5.74) is 9.23. The Kier molecular flexibility index (Phi) is 5.95. The van der Waals surface area contributed by atoms with Crippen LogP contribution in [-0.2, 0) is 18.7 Å². The predicted octanol–water partition coefficient (Wildman–Crippen LogP) is 4.56. The fourth-order valence-electron chi connectivity index (χ4n) is 4.10. The molecule has 0 aliphatic carbocycles. The Morgan fingerprint density at radius 2 is 2.09 bits per heavy atom. The van der Waals surface area contributed by atoms with Crippen LogP contribution in [0.25, 0.3) is 11.1 Å². The summed E-state index contributed by atoms with van der Waals surface area (Å²) in [7, 11) is 1.61. The normalized spacial score (nSPS) is 13.8. The van der Waals surface area contributed by atoms with E-state index < -0.39 is 11.4 Å². The average molecular weight is 467 g/mol. The van der Waals surface area contributed by atoms with Gasteiger partial charge >= 0.3 is 0 Å². The van der Waals surface area contributed by atoms with Gasteiger partial charge in [0.15, 0.2) is 0 Å². The number of halogens is 2. The number of carbonyl (C=O) groups is 1. The minimum absolute atomic E-state index is 0.0309. The lowest BCUT2D eigenvalue weighted by atomic mass is 9.89. The van der Waals surface area contributed by atoms with E-state index in [2.05, 4.69) is 9.98 Å². The Labute approximate surface area is 196 Å². The van der Waals surface area contributed by atoms with Crippen LogP contribution in [0, 0.1) is 5.82 Å². The van der Waals surface area contributed by atoms with Gasteiger partial charge in [-0.1, -0.05) is 29.8 Å². The number of rotatable bonds is 5. The van der Waals surface area contributed by atoms with Crippen LogP contribution in [0.2, 0.25) is 5.02 Å². The molecule has 2 heterocycles. The smallest absolute Gasteiger partial charge is 0.273 e. The number of nitrogen functional groups attached to an aromatic ring is 1. The van der Waals surface area contributed by atoms with Crippen molar-refractivity contribution in [3.8, 4) is 11.1 Å². The highest BCUT2D eigenvalue weighted by atomic mass is 35.5. The van der Waals surface area contributed by atoms with Crippen LogP contribution in [-0.4, -0.2) is 34.2 Å². The molecule has 6 nitrogen and oxygen atoms in total. The van der Waals surface area contributed by atoms with Crippen molar-refractivity contribution in [2.45, 2.75) is 32.5 Å². The molecular formula is C25H24ClFN4O2. The maximum absolute atomic E-state index is 15.2. The molecule has 1 amide bonds. The second kappa shape index (κ2) is 8.57. The van der Waals surface area contributed by atoms with Gasteiger partial charge in [0.05, 0.1) is 12.1 Å². The van der Waals surface area contributed by atoms with Crippen molar-refractivity contribution in [2.24, 2.45) is 4.99 Å². The lowest BCUT2D eigenvalue weighted by Crippen LogP contribution is -2.24. The number of nitrogens with two attached hydrogens (primary N) is 1. The third-order valence-electron chi connectivity index (χ3n) is 5.75. The molecule has 0 saturated carbocycles. The zero-order valence-corrected chi connectivity index (χ0v) is 19.3. The topological polar surface area (TPSA) is 91.8 Å². The summed E-state index contributed by atoms with van der Waals surface area (Å²) < 4.78 is 15.2. The lowest BCUT2D eigenvalue weighted by molar-refractivity contribution is 0.0760. The molecular weight excluding hydrogens is 443 g/mol. The number of aliphatic hydroxyl groups is 1. The minimum Gasteiger partial charge on any atom is -0.398 e. The van der Waals surface area contributed by atoms with Gasteiger partial charge < -0.3 is 15.7 Å². The van der Waals surface area contributed by atoms with Crippen molar-refractivity contribution in [1.29, 1.82) is 0 Å². The Morgan fingerprint density at radius 3 is 2.73 bits per heavy atom. The number of amides is 1. The molecule has 0 atom stereocenters. The number of pyridine rings is 1. The van der Waals surface area contributed by atoms with Gasteiger partial charge in [0.25, 0.3) is 5.91 Å². The maximum Gasteiger partial charge on any atom is 0.273 e. The molecule has 3 aromatic rings. The second-order valence-corrected chi connectivity index (χ2v) is 8.93. The number of fused-ring (bicyclic) bond motifs is 1. The third-order valence-corrected chi connectivity index (χ3v) is 6.09. The number of carbonyl (C=O) groups excluding carboxylic acids is 1. The molecule has 0 radical (unpaired) electrons. The lowest BCUT2D eigenvalue weighted by Gasteiger charge is -2.23. The molecule has 1 aliphatic rings. The van der Waals surface area contributed by atoms with E-state index in [1.54, 1.807) is 57.6 Å². The number of hydrogen-bond donors (Lipinski definition) is 2. The van der Waals surface area contributed by atoms with Crippen LogP contribution in [0.15, 0.2) is 47.6 Å². The molecule has 1 aromatic heterocycles. The first-order valence-electron chi connectivity index (χ1n) is 10.4. The fraction of sp³-hybridized carbons (Fsp3) is 0.240. The summed E-state index contributed by atoms with van der Waals surface area (Å²) in [6.45, 7) is 3.67. The van der Waals surface area contributed by atoms with E-state index in [4.69, 9.17) is 17.3 Å². The van der Waals surface area contributed by atoms with Crippen molar-refractivity contribution in [2.75, 3.05) is 12.8 Å². The molecule has 0 unspecified atom stereocenters. The molecule has 33 heavy (non-hydrogen) atoms. The number of anilines is 1. The monoisotopic (exact) mass is 466 g/mol. The highest BCUT2D eigenvalue weighted by molar-refractivity contribution is 6.31. The highest BCUT2D eigenvalue weighted by Gasteiger charge is 2.30. The molecule has 3 N–H and O–H groups in total. The number of nitrogens with zero attached hydrogens (tertiary/aromatic N) is 3. The first-order chi connectivity index (χ1) is 15.6. The molecule has 8 heteroatoms. The van der Waals surface area contributed by atoms with E-state index in [-0.39, 0.29) is 23.0 Å². The van der Waals surface area contributed by atoms with Gasteiger partial charge in [0.1, 0.15) is 11.5 Å². The van der Waals surface area contributed by atoms with E-state index >= 15 is 4.39 Å². The number of aromatic nitrogens is 1. The van der Waals surface area contributed by atoms with Gasteiger partial charge in [-0.05, 0) is 43.2 Å². The van der Waals surface area contributed by atoms with E-state index in [1.165, 1.54) is 11.0 Å². The Hall–Kier alpha value is -3.29. The molecule has 1 aliphatic heterocycles. The Morgan fingerprint density at radius 1 is 1.33 bits per heavy atom. The first kappa shape index (κ1) is 22.9. The molecule has 170 valence electrons. The van der Waals surface area contributed by atoms with Crippen LogP contribution in [0.4, 0.5) is 10.1 Å². The zero-order valence-electron chi connectivity index (χ0n) is 18.6. The Bertz CT molecular complexity index is 1260. The molecule has 4 rings (SSSR count). The summed E-state index contributed by atoms with van der Waals surface area (Å²) in [6, 6.07) is 10.1. The van der Waals surface area contributed by atoms with Crippen LogP contribution in [0.3, 0.4) is 0 Å². The molecule has 0 bridgehead atoms. The third kappa shape index (κ3) is 4.21. The molecule has 0 spiro atoms. The SMILES string of the molecule is CN=Cc1c(-c2cc(F)c(CN3Cc4cccnc4C3=O)c(Cl)c2)ccc(C(C)(C)O)c1N. The van der Waals surface area contributed by atoms with E-state index in [0.29, 0.717) is 40.2 Å². The van der Waals surface area contributed by atoms with Crippen LogP contribution >= 0.6 is 11.6 Å². The van der Waals surface area contributed by atoms with Crippen LogP contribution in [0.1, 0.15) is 46.6 Å². The largest absolute Gasteiger partial charge is 0.398 e. The molecule has 0 fully saturated rings. The first-order valence-corrected chi connectivity index (χ1v) is 10.8. The van der Waals surface area contributed by atoms with Gasteiger partial charge in [-0.15, -0.1) is 0 Å². The van der Waals surface area contributed by atoms with Crippen molar-refractivity contribution in [3.63, 3.8) is 0 Å². The Balaban J connectivity index is 1.71. The average Bonchev–Trinajstić information content (AvgIpc) is 3.07. The van der Waals surface area contributed by atoms with Crippen LogP contribution in [0.5, 0.6) is 0 Å². The van der Waals surface area contributed by atoms with E-state index in [0.717, 1.165) is 5.56 Å². The summed E-state index contributed by atoms with van der Waals surface area (Å²) >= 11 is 6.50. The van der Waals surface area contributed by atoms with Gasteiger partial charge in [0.2, 0.25) is 0 Å². The van der Waals surface area contributed by atoms with E-state index in [1.807, 2.05) is 6.07 Å². The summed E-state index contributed by atoms with van der Waals surface area (Å²) in [5, 5.41) is 10.6. The predicted molar refractivity (Wildman–Crippen MR) is 128 cm³/mol. The van der Waals surface area contributed by atoms with Gasteiger partial charge in [-0.25, -0.2) is 4.39 Å². The summed E-state index contributed by atoms with van der Waals surface area (Å²) in [6.07, 6.45) is 3.14. The number of aliphatic imine (C=N–C) groups is 1. The zero-order chi connectivity index (χ0) is 23.9. The van der Waals surface area contributed by atoms with Crippen molar-refractivity contribution in [1.82, 2.24) is 9.88 Å². The summed E-state index contributed by atoms with van der Waals surface area (Å²) in [5.74, 6) is -0.777. The van der Waals surface area contributed by atoms with Gasteiger partial charge in [0, 0.05) is 59.0 Å². The number of hydrogen-bond acceptors (Lipinski definition) is 5. The maximum atomic E-state index is 15.2. The minimum atomic E-state index is -1.15. The second-order valence-electron chi connectivity index (χ2n) is 8.53. The van der Waals surface area contributed by atoms with Gasteiger partial charge in [-0.3, -0.25) is 14.8 Å². The number of benzene rings is 2.